The van der Waals surface area contributed by atoms with E-state index in [0.717, 1.165) is 0 Å². The highest BCUT2D eigenvalue weighted by Crippen LogP contribution is 2.31. The third-order valence-electron chi connectivity index (χ3n) is 1.92. The summed E-state index contributed by atoms with van der Waals surface area (Å²) in [5, 5.41) is 0. The zero-order valence-electron chi connectivity index (χ0n) is 8.68. The minimum Gasteiger partial charge on any atom is -0.465 e. The third kappa shape index (κ3) is 3.54. The van der Waals surface area contributed by atoms with E-state index in [4.69, 9.17) is 11.6 Å². The second kappa shape index (κ2) is 6.16. The number of benzene rings is 1. The van der Waals surface area contributed by atoms with Gasteiger partial charge < -0.3 is 9.47 Å². The maximum Gasteiger partial charge on any atom is 0.387 e. The third-order valence-corrected chi connectivity index (χ3v) is 2.83. The SMILES string of the molecule is COC(=O)c1cc(OC(F)F)c(Br)cc1CCl. The van der Waals surface area contributed by atoms with Gasteiger partial charge in [-0.15, -0.1) is 11.6 Å². The van der Waals surface area contributed by atoms with Crippen molar-refractivity contribution in [2.75, 3.05) is 7.11 Å². The lowest BCUT2D eigenvalue weighted by atomic mass is 10.1. The van der Waals surface area contributed by atoms with Gasteiger partial charge in [0.15, 0.2) is 0 Å². The molecule has 0 heterocycles. The molecule has 0 aromatic heterocycles. The van der Waals surface area contributed by atoms with Crippen LogP contribution in [-0.4, -0.2) is 19.7 Å². The molecule has 1 aromatic rings. The van der Waals surface area contributed by atoms with Crippen molar-refractivity contribution in [1.82, 2.24) is 0 Å². The summed E-state index contributed by atoms with van der Waals surface area (Å²) < 4.78 is 33.3. The van der Waals surface area contributed by atoms with Crippen molar-refractivity contribution in [2.45, 2.75) is 12.5 Å². The topological polar surface area (TPSA) is 35.5 Å². The molecule has 7 heteroatoms. The number of esters is 1. The first-order valence-electron chi connectivity index (χ1n) is 4.41. The number of hydrogen-bond acceptors (Lipinski definition) is 3. The van der Waals surface area contributed by atoms with Crippen molar-refractivity contribution in [3.8, 4) is 5.75 Å². The fraction of sp³-hybridized carbons (Fsp3) is 0.300. The molecule has 0 fully saturated rings. The number of halogens is 4. The Balaban J connectivity index is 3.22. The van der Waals surface area contributed by atoms with E-state index in [9.17, 15) is 13.6 Å². The molecule has 0 atom stereocenters. The van der Waals surface area contributed by atoms with Gasteiger partial charge in [0.2, 0.25) is 0 Å². The summed E-state index contributed by atoms with van der Waals surface area (Å²) in [6.45, 7) is -2.97. The lowest BCUT2D eigenvalue weighted by molar-refractivity contribution is -0.0504. The van der Waals surface area contributed by atoms with Gasteiger partial charge in [-0.25, -0.2) is 4.79 Å². The van der Waals surface area contributed by atoms with Crippen LogP contribution in [0.4, 0.5) is 8.78 Å². The predicted octanol–water partition coefficient (Wildman–Crippen LogP) is 3.58. The van der Waals surface area contributed by atoms with Crippen molar-refractivity contribution >= 4 is 33.5 Å². The first-order chi connectivity index (χ1) is 7.99. The van der Waals surface area contributed by atoms with E-state index < -0.39 is 12.6 Å². The Morgan fingerprint density at radius 3 is 2.65 bits per heavy atom. The Kier molecular flexibility index (Phi) is 5.14. The van der Waals surface area contributed by atoms with E-state index in [1.54, 1.807) is 0 Å². The highest BCUT2D eigenvalue weighted by atomic mass is 79.9. The molecule has 0 N–H and O–H groups in total. The molecule has 0 unspecified atom stereocenters. The lowest BCUT2D eigenvalue weighted by Gasteiger charge is -2.11. The molecule has 0 aliphatic heterocycles. The van der Waals surface area contributed by atoms with Crippen molar-refractivity contribution in [3.05, 3.63) is 27.7 Å². The van der Waals surface area contributed by atoms with Crippen LogP contribution in [0.2, 0.25) is 0 Å². The first kappa shape index (κ1) is 14.2. The Bertz CT molecular complexity index is 426. The summed E-state index contributed by atoms with van der Waals surface area (Å²) in [7, 11) is 1.19. The molecule has 0 saturated heterocycles. The van der Waals surface area contributed by atoms with Crippen LogP contribution in [0, 0.1) is 0 Å². The molecule has 0 amide bonds. The van der Waals surface area contributed by atoms with E-state index in [-0.39, 0.29) is 17.2 Å². The maximum absolute atomic E-state index is 12.1. The molecular weight excluding hydrogens is 321 g/mol. The van der Waals surface area contributed by atoms with Gasteiger partial charge in [-0.05, 0) is 33.6 Å². The standard InChI is InChI=1S/C10H8BrClF2O3/c1-16-9(15)6-3-8(17-10(13)14)7(11)2-5(6)4-12/h2-3,10H,4H2,1H3. The fourth-order valence-corrected chi connectivity index (χ4v) is 1.90. The monoisotopic (exact) mass is 328 g/mol. The molecule has 0 aliphatic rings. The van der Waals surface area contributed by atoms with Gasteiger partial charge in [-0.3, -0.25) is 0 Å². The van der Waals surface area contributed by atoms with Crippen LogP contribution in [0.3, 0.4) is 0 Å². The van der Waals surface area contributed by atoms with Crippen LogP contribution in [-0.2, 0) is 10.6 Å². The minimum absolute atomic E-state index is 0.0536. The van der Waals surface area contributed by atoms with E-state index in [1.165, 1.54) is 19.2 Å². The van der Waals surface area contributed by atoms with Crippen molar-refractivity contribution in [2.24, 2.45) is 0 Å². The van der Waals surface area contributed by atoms with Crippen LogP contribution >= 0.6 is 27.5 Å². The Hall–Kier alpha value is -0.880. The molecule has 17 heavy (non-hydrogen) atoms. The Labute approximate surface area is 110 Å². The number of carbonyl (C=O) groups excluding carboxylic acids is 1. The first-order valence-corrected chi connectivity index (χ1v) is 5.73. The van der Waals surface area contributed by atoms with E-state index in [0.29, 0.717) is 10.0 Å². The normalized spacial score (nSPS) is 10.5. The summed E-state index contributed by atoms with van der Waals surface area (Å²) in [5.41, 5.74) is 0.563. The molecular formula is C10H8BrClF2O3. The van der Waals surface area contributed by atoms with Crippen LogP contribution in [0.25, 0.3) is 0 Å². The second-order valence-corrected chi connectivity index (χ2v) is 4.07. The molecule has 3 nitrogen and oxygen atoms in total. The van der Waals surface area contributed by atoms with Crippen molar-refractivity contribution < 1.29 is 23.0 Å². The minimum atomic E-state index is -2.97. The Morgan fingerprint density at radius 1 is 1.53 bits per heavy atom. The molecule has 0 saturated carbocycles. The summed E-state index contributed by atoms with van der Waals surface area (Å²) >= 11 is 8.70. The lowest BCUT2D eigenvalue weighted by Crippen LogP contribution is -2.08. The van der Waals surface area contributed by atoms with Crippen LogP contribution in [0.1, 0.15) is 15.9 Å². The number of alkyl halides is 3. The van der Waals surface area contributed by atoms with E-state index >= 15 is 0 Å². The number of hydrogen-bond donors (Lipinski definition) is 0. The predicted molar refractivity (Wildman–Crippen MR) is 61.7 cm³/mol. The number of carbonyl (C=O) groups is 1. The van der Waals surface area contributed by atoms with Gasteiger partial charge in [-0.1, -0.05) is 0 Å². The van der Waals surface area contributed by atoms with Crippen LogP contribution in [0.5, 0.6) is 5.75 Å². The molecule has 0 radical (unpaired) electrons. The number of rotatable bonds is 4. The van der Waals surface area contributed by atoms with E-state index in [1.807, 2.05) is 0 Å². The highest BCUT2D eigenvalue weighted by Gasteiger charge is 2.17. The summed E-state index contributed by atoms with van der Waals surface area (Å²) in [4.78, 5) is 11.4. The molecule has 0 aliphatic carbocycles. The van der Waals surface area contributed by atoms with Crippen LogP contribution < -0.4 is 4.74 Å². The number of methoxy groups -OCH3 is 1. The van der Waals surface area contributed by atoms with Gasteiger partial charge in [-0.2, -0.15) is 8.78 Å². The quantitative estimate of drug-likeness (QED) is 0.626. The maximum atomic E-state index is 12.1. The summed E-state index contributed by atoms with van der Waals surface area (Å²) in [5.74, 6) is -0.751. The van der Waals surface area contributed by atoms with Gasteiger partial charge in [0.05, 0.1) is 17.1 Å². The van der Waals surface area contributed by atoms with Gasteiger partial charge in [0, 0.05) is 5.88 Å². The number of ether oxygens (including phenoxy) is 2. The highest BCUT2D eigenvalue weighted by molar-refractivity contribution is 9.10. The second-order valence-electron chi connectivity index (χ2n) is 2.94. The van der Waals surface area contributed by atoms with E-state index in [2.05, 4.69) is 25.4 Å². The van der Waals surface area contributed by atoms with Gasteiger partial charge in [0.25, 0.3) is 0 Å². The van der Waals surface area contributed by atoms with Gasteiger partial charge >= 0.3 is 12.6 Å². The molecule has 94 valence electrons. The molecule has 1 aromatic carbocycles. The average molecular weight is 330 g/mol. The zero-order valence-corrected chi connectivity index (χ0v) is 11.0. The zero-order chi connectivity index (χ0) is 13.0. The molecule has 1 rings (SSSR count). The average Bonchev–Trinajstić information content (AvgIpc) is 2.29. The molecule has 0 spiro atoms. The van der Waals surface area contributed by atoms with Crippen molar-refractivity contribution in [1.29, 1.82) is 0 Å². The summed E-state index contributed by atoms with van der Waals surface area (Å²) in [6.07, 6.45) is 0. The fourth-order valence-electron chi connectivity index (χ4n) is 1.19. The smallest absolute Gasteiger partial charge is 0.387 e. The summed E-state index contributed by atoms with van der Waals surface area (Å²) in [6, 6.07) is 2.61. The Morgan fingerprint density at radius 2 is 2.18 bits per heavy atom. The molecule has 0 bridgehead atoms. The van der Waals surface area contributed by atoms with Crippen molar-refractivity contribution in [3.63, 3.8) is 0 Å². The van der Waals surface area contributed by atoms with Gasteiger partial charge in [0.1, 0.15) is 5.75 Å². The largest absolute Gasteiger partial charge is 0.465 e. The van der Waals surface area contributed by atoms with Crippen LogP contribution in [0.15, 0.2) is 16.6 Å².